The first-order valence-electron chi connectivity index (χ1n) is 4.42. The van der Waals surface area contributed by atoms with Crippen LogP contribution in [0.4, 0.5) is 13.2 Å². The van der Waals surface area contributed by atoms with E-state index in [1.54, 1.807) is 0 Å². The van der Waals surface area contributed by atoms with Gasteiger partial charge in [0.2, 0.25) is 0 Å². The normalized spacial score (nSPS) is 21.8. The fourth-order valence-corrected chi connectivity index (χ4v) is 1.35. The Kier molecular flexibility index (Phi) is 3.41. The molecule has 5 nitrogen and oxygen atoms in total. The predicted molar refractivity (Wildman–Crippen MR) is 44.6 cm³/mol. The highest BCUT2D eigenvalue weighted by molar-refractivity contribution is 5.73. The van der Waals surface area contributed by atoms with Gasteiger partial charge in [-0.2, -0.15) is 13.2 Å². The molecule has 0 radical (unpaired) electrons. The molecule has 2 aliphatic rings. The van der Waals surface area contributed by atoms with E-state index in [1.807, 2.05) is 0 Å². The van der Waals surface area contributed by atoms with Crippen LogP contribution in [0, 0.1) is 5.41 Å². The monoisotopic (exact) mass is 241 g/mol. The number of halogens is 3. The summed E-state index contributed by atoms with van der Waals surface area (Å²) in [6.45, 7) is 2.55. The van der Waals surface area contributed by atoms with Crippen LogP contribution in [0.3, 0.4) is 0 Å². The summed E-state index contributed by atoms with van der Waals surface area (Å²) in [5.74, 6) is -2.79. The molecule has 1 spiro atoms. The fourth-order valence-electron chi connectivity index (χ4n) is 1.35. The van der Waals surface area contributed by atoms with E-state index >= 15 is 0 Å². The van der Waals surface area contributed by atoms with E-state index in [0.29, 0.717) is 13.0 Å². The second-order valence-corrected chi connectivity index (χ2v) is 3.74. The lowest BCUT2D eigenvalue weighted by Crippen LogP contribution is -2.53. The van der Waals surface area contributed by atoms with Crippen molar-refractivity contribution in [3.63, 3.8) is 0 Å². The summed E-state index contributed by atoms with van der Waals surface area (Å²) in [6.07, 6.45) is -4.46. The van der Waals surface area contributed by atoms with E-state index in [4.69, 9.17) is 14.6 Å². The molecule has 92 valence electrons. The topological polar surface area (TPSA) is 75.6 Å². The highest BCUT2D eigenvalue weighted by Crippen LogP contribution is 2.32. The SMILES string of the molecule is O=C(O)C(F)(F)F.O=C1CC2(CNC2)CO1. The number of carboxylic acid groups (broad SMARTS) is 1. The number of carbonyl (C=O) groups is 2. The van der Waals surface area contributed by atoms with Gasteiger partial charge in [-0.3, -0.25) is 4.79 Å². The average Bonchev–Trinajstić information content (AvgIpc) is 2.46. The number of hydrogen-bond acceptors (Lipinski definition) is 4. The Morgan fingerprint density at radius 2 is 1.94 bits per heavy atom. The van der Waals surface area contributed by atoms with Gasteiger partial charge < -0.3 is 15.2 Å². The lowest BCUT2D eigenvalue weighted by Gasteiger charge is -2.35. The van der Waals surface area contributed by atoms with Gasteiger partial charge >= 0.3 is 18.1 Å². The maximum Gasteiger partial charge on any atom is 0.490 e. The summed E-state index contributed by atoms with van der Waals surface area (Å²) < 4.78 is 36.6. The van der Waals surface area contributed by atoms with Gasteiger partial charge in [0.15, 0.2) is 0 Å². The molecule has 0 aliphatic carbocycles. The van der Waals surface area contributed by atoms with Crippen molar-refractivity contribution in [2.24, 2.45) is 5.41 Å². The van der Waals surface area contributed by atoms with E-state index in [2.05, 4.69) is 5.32 Å². The zero-order valence-corrected chi connectivity index (χ0v) is 8.13. The number of esters is 1. The molecule has 0 aromatic heterocycles. The van der Waals surface area contributed by atoms with Crippen LogP contribution in [0.15, 0.2) is 0 Å². The quantitative estimate of drug-likeness (QED) is 0.591. The predicted octanol–water partition coefficient (Wildman–Crippen LogP) is 0.156. The molecular formula is C8H10F3NO4. The van der Waals surface area contributed by atoms with Crippen molar-refractivity contribution in [1.82, 2.24) is 5.32 Å². The van der Waals surface area contributed by atoms with E-state index in [0.717, 1.165) is 13.1 Å². The fraction of sp³-hybridized carbons (Fsp3) is 0.750. The van der Waals surface area contributed by atoms with Gasteiger partial charge in [0, 0.05) is 18.5 Å². The van der Waals surface area contributed by atoms with Crippen molar-refractivity contribution in [2.45, 2.75) is 12.6 Å². The molecule has 2 aliphatic heterocycles. The Labute approximate surface area is 88.6 Å². The summed E-state index contributed by atoms with van der Waals surface area (Å²) >= 11 is 0. The summed E-state index contributed by atoms with van der Waals surface area (Å²) in [5, 5.41) is 10.3. The second-order valence-electron chi connectivity index (χ2n) is 3.74. The number of cyclic esters (lactones) is 1. The number of carbonyl (C=O) groups excluding carboxylic acids is 1. The summed E-state index contributed by atoms with van der Waals surface area (Å²) in [4.78, 5) is 19.5. The second kappa shape index (κ2) is 4.28. The lowest BCUT2D eigenvalue weighted by atomic mass is 9.81. The molecule has 0 unspecified atom stereocenters. The molecule has 0 aromatic carbocycles. The highest BCUT2D eigenvalue weighted by atomic mass is 19.4. The third-order valence-electron chi connectivity index (χ3n) is 2.30. The number of aliphatic carboxylic acids is 1. The molecule has 16 heavy (non-hydrogen) atoms. The van der Waals surface area contributed by atoms with Crippen LogP contribution in [0.1, 0.15) is 6.42 Å². The number of rotatable bonds is 0. The Balaban J connectivity index is 0.000000168. The molecule has 8 heteroatoms. The van der Waals surface area contributed by atoms with Crippen LogP contribution in [-0.2, 0) is 14.3 Å². The minimum Gasteiger partial charge on any atom is -0.475 e. The van der Waals surface area contributed by atoms with Crippen molar-refractivity contribution < 1.29 is 32.6 Å². The third kappa shape index (κ3) is 3.09. The standard InChI is InChI=1S/C6H9NO2.C2HF3O2/c8-5-1-6(4-9-5)2-7-3-6;3-2(4,5)1(6)7/h7H,1-4H2;(H,6,7). The first-order valence-corrected chi connectivity index (χ1v) is 4.42. The minimum atomic E-state index is -5.08. The van der Waals surface area contributed by atoms with Crippen molar-refractivity contribution in [2.75, 3.05) is 19.7 Å². The molecule has 0 atom stereocenters. The number of carboxylic acids is 1. The van der Waals surface area contributed by atoms with Gasteiger partial charge in [-0.15, -0.1) is 0 Å². The van der Waals surface area contributed by atoms with Gasteiger partial charge in [0.25, 0.3) is 0 Å². The number of alkyl halides is 3. The van der Waals surface area contributed by atoms with Crippen LogP contribution < -0.4 is 5.32 Å². The summed E-state index contributed by atoms with van der Waals surface area (Å²) in [6, 6.07) is 0. The smallest absolute Gasteiger partial charge is 0.475 e. The molecule has 2 N–H and O–H groups in total. The van der Waals surface area contributed by atoms with Gasteiger partial charge in [-0.05, 0) is 0 Å². The van der Waals surface area contributed by atoms with E-state index in [9.17, 15) is 18.0 Å². The van der Waals surface area contributed by atoms with E-state index in [-0.39, 0.29) is 11.4 Å². The molecule has 0 aromatic rings. The Morgan fingerprint density at radius 3 is 2.06 bits per heavy atom. The van der Waals surface area contributed by atoms with Crippen LogP contribution in [0.5, 0.6) is 0 Å². The molecule has 2 rings (SSSR count). The molecular weight excluding hydrogens is 231 g/mol. The molecule has 2 saturated heterocycles. The number of ether oxygens (including phenoxy) is 1. The van der Waals surface area contributed by atoms with Crippen LogP contribution >= 0.6 is 0 Å². The van der Waals surface area contributed by atoms with E-state index in [1.165, 1.54) is 0 Å². The van der Waals surface area contributed by atoms with Gasteiger partial charge in [0.1, 0.15) is 0 Å². The van der Waals surface area contributed by atoms with Gasteiger partial charge in [0.05, 0.1) is 13.0 Å². The van der Waals surface area contributed by atoms with Crippen molar-refractivity contribution in [1.29, 1.82) is 0 Å². The lowest BCUT2D eigenvalue weighted by molar-refractivity contribution is -0.192. The largest absolute Gasteiger partial charge is 0.490 e. The highest BCUT2D eigenvalue weighted by Gasteiger charge is 2.45. The maximum atomic E-state index is 10.6. The first kappa shape index (κ1) is 12.8. The Hall–Kier alpha value is -1.31. The zero-order valence-electron chi connectivity index (χ0n) is 8.13. The average molecular weight is 241 g/mol. The minimum absolute atomic E-state index is 0.0310. The van der Waals surface area contributed by atoms with Crippen molar-refractivity contribution >= 4 is 11.9 Å². The molecule has 0 amide bonds. The van der Waals surface area contributed by atoms with E-state index < -0.39 is 12.1 Å². The van der Waals surface area contributed by atoms with Crippen LogP contribution in [0.2, 0.25) is 0 Å². The zero-order chi connectivity index (χ0) is 12.4. The summed E-state index contributed by atoms with van der Waals surface area (Å²) in [7, 11) is 0. The Morgan fingerprint density at radius 1 is 1.44 bits per heavy atom. The van der Waals surface area contributed by atoms with Gasteiger partial charge in [-0.1, -0.05) is 0 Å². The number of hydrogen-bond donors (Lipinski definition) is 2. The number of nitrogens with one attached hydrogen (secondary N) is 1. The van der Waals surface area contributed by atoms with Crippen molar-refractivity contribution in [3.05, 3.63) is 0 Å². The maximum absolute atomic E-state index is 10.6. The molecule has 2 heterocycles. The third-order valence-corrected chi connectivity index (χ3v) is 2.30. The Bertz CT molecular complexity index is 298. The molecule has 2 fully saturated rings. The first-order chi connectivity index (χ1) is 7.25. The van der Waals surface area contributed by atoms with Crippen LogP contribution in [0.25, 0.3) is 0 Å². The molecule has 0 saturated carbocycles. The van der Waals surface area contributed by atoms with Gasteiger partial charge in [-0.25, -0.2) is 4.79 Å². The summed E-state index contributed by atoms with van der Waals surface area (Å²) in [5.41, 5.74) is 0.205. The van der Waals surface area contributed by atoms with Crippen LogP contribution in [-0.4, -0.2) is 42.9 Å². The van der Waals surface area contributed by atoms with Crippen molar-refractivity contribution in [3.8, 4) is 0 Å². The molecule has 0 bridgehead atoms.